The predicted octanol–water partition coefficient (Wildman–Crippen LogP) is 6.32. The van der Waals surface area contributed by atoms with Crippen molar-refractivity contribution in [2.75, 3.05) is 0 Å². The van der Waals surface area contributed by atoms with Crippen LogP contribution in [0.4, 0.5) is 9.59 Å². The molecule has 0 saturated heterocycles. The Labute approximate surface area is 283 Å². The van der Waals surface area contributed by atoms with Crippen LogP contribution in [-0.4, -0.2) is 68.8 Å². The van der Waals surface area contributed by atoms with Gasteiger partial charge in [-0.2, -0.15) is 0 Å². The first-order valence-corrected chi connectivity index (χ1v) is 15.8. The maximum absolute atomic E-state index is 13.1. The van der Waals surface area contributed by atoms with Gasteiger partial charge in [0.05, 0.1) is 0 Å². The van der Waals surface area contributed by atoms with Crippen molar-refractivity contribution in [3.63, 3.8) is 0 Å². The highest BCUT2D eigenvalue weighted by atomic mass is 16.6. The zero-order valence-corrected chi connectivity index (χ0v) is 30.2. The molecule has 2 rings (SSSR count). The summed E-state index contributed by atoms with van der Waals surface area (Å²) >= 11 is 0. The third-order valence-electron chi connectivity index (χ3n) is 6.06. The molecule has 0 aliphatic carbocycles. The van der Waals surface area contributed by atoms with E-state index in [0.717, 1.165) is 0 Å². The van der Waals surface area contributed by atoms with E-state index >= 15 is 0 Å². The average molecular weight is 673 g/mol. The molecule has 2 aromatic carbocycles. The molecule has 4 N–H and O–H groups in total. The van der Waals surface area contributed by atoms with Gasteiger partial charge in [-0.05, 0) is 118 Å². The molecular formula is C36H52N2O10. The van der Waals surface area contributed by atoms with Crippen LogP contribution >= 0.6 is 0 Å². The number of benzene rings is 2. The van der Waals surface area contributed by atoms with Gasteiger partial charge in [-0.15, -0.1) is 0 Å². The lowest BCUT2D eigenvalue weighted by Gasteiger charge is -2.26. The Morgan fingerprint density at radius 2 is 0.833 bits per heavy atom. The number of carbonyl (C=O) groups excluding carboxylic acids is 4. The fourth-order valence-electron chi connectivity index (χ4n) is 4.36. The summed E-state index contributed by atoms with van der Waals surface area (Å²) in [6, 6.07) is 6.86. The number of nitrogens with one attached hydrogen (secondary N) is 2. The number of carbonyl (C=O) groups is 4. The number of hydrogen-bond acceptors (Lipinski definition) is 10. The van der Waals surface area contributed by atoms with Crippen molar-refractivity contribution >= 4 is 24.1 Å². The smallest absolute Gasteiger partial charge is 0.408 e. The molecule has 0 fully saturated rings. The molecule has 2 aromatic rings. The van der Waals surface area contributed by atoms with Crippen molar-refractivity contribution in [1.29, 1.82) is 0 Å². The molecule has 2 amide bonds. The normalized spacial score (nSPS) is 13.5. The lowest BCUT2D eigenvalue weighted by atomic mass is 9.95. The van der Waals surface area contributed by atoms with Gasteiger partial charge in [0.15, 0.2) is 0 Å². The number of aromatic hydroxyl groups is 2. The third kappa shape index (κ3) is 14.1. The molecular weight excluding hydrogens is 620 g/mol. The number of esters is 2. The summed E-state index contributed by atoms with van der Waals surface area (Å²) < 4.78 is 21.8. The van der Waals surface area contributed by atoms with Crippen LogP contribution in [0.3, 0.4) is 0 Å². The molecule has 48 heavy (non-hydrogen) atoms. The van der Waals surface area contributed by atoms with E-state index in [1.54, 1.807) is 107 Å². The second-order valence-electron chi connectivity index (χ2n) is 15.6. The van der Waals surface area contributed by atoms with Crippen LogP contribution in [0.15, 0.2) is 36.4 Å². The van der Waals surface area contributed by atoms with Gasteiger partial charge in [-0.25, -0.2) is 19.2 Å². The van der Waals surface area contributed by atoms with E-state index in [-0.39, 0.29) is 35.5 Å². The molecule has 0 heterocycles. The highest BCUT2D eigenvalue weighted by Crippen LogP contribution is 2.37. The minimum atomic E-state index is -1.13. The molecule has 0 spiro atoms. The van der Waals surface area contributed by atoms with Crippen LogP contribution in [0, 0.1) is 0 Å². The molecule has 0 radical (unpaired) electrons. The predicted molar refractivity (Wildman–Crippen MR) is 181 cm³/mol. The highest BCUT2D eigenvalue weighted by molar-refractivity contribution is 5.83. The third-order valence-corrected chi connectivity index (χ3v) is 6.06. The fraction of sp³-hybridized carbons (Fsp3) is 0.556. The number of rotatable bonds is 9. The number of alkyl carbamates (subject to hydrolysis) is 2. The van der Waals surface area contributed by atoms with Crippen LogP contribution in [0.5, 0.6) is 11.5 Å². The molecule has 0 aliphatic rings. The van der Waals surface area contributed by atoms with Gasteiger partial charge in [0, 0.05) is 24.0 Å². The summed E-state index contributed by atoms with van der Waals surface area (Å²) in [7, 11) is 0. The van der Waals surface area contributed by atoms with Crippen LogP contribution in [-0.2, 0) is 41.4 Å². The highest BCUT2D eigenvalue weighted by Gasteiger charge is 2.31. The molecule has 0 bridgehead atoms. The first-order valence-electron chi connectivity index (χ1n) is 15.8. The molecule has 0 aliphatic heterocycles. The minimum Gasteiger partial charge on any atom is -0.507 e. The summed E-state index contributed by atoms with van der Waals surface area (Å²) in [5.41, 5.74) is -1.76. The van der Waals surface area contributed by atoms with Crippen LogP contribution in [0.2, 0.25) is 0 Å². The van der Waals surface area contributed by atoms with Crippen molar-refractivity contribution in [1.82, 2.24) is 10.6 Å². The minimum absolute atomic E-state index is 0.0254. The largest absolute Gasteiger partial charge is 0.507 e. The van der Waals surface area contributed by atoms with Gasteiger partial charge >= 0.3 is 24.1 Å². The number of phenols is 2. The van der Waals surface area contributed by atoms with Gasteiger partial charge in [0.1, 0.15) is 46.0 Å². The second kappa shape index (κ2) is 15.2. The first-order chi connectivity index (χ1) is 21.7. The molecule has 2 atom stereocenters. The van der Waals surface area contributed by atoms with E-state index in [1.165, 1.54) is 12.1 Å². The topological polar surface area (TPSA) is 170 Å². The van der Waals surface area contributed by atoms with Crippen molar-refractivity contribution in [2.45, 2.75) is 130 Å². The molecule has 0 saturated carbocycles. The summed E-state index contributed by atoms with van der Waals surface area (Å²) in [5.74, 6) is -1.71. The van der Waals surface area contributed by atoms with E-state index < -0.39 is 58.6 Å². The lowest BCUT2D eigenvalue weighted by molar-refractivity contribution is -0.158. The average Bonchev–Trinajstić information content (AvgIpc) is 2.86. The maximum Gasteiger partial charge on any atom is 0.408 e. The zero-order valence-electron chi connectivity index (χ0n) is 30.2. The van der Waals surface area contributed by atoms with E-state index in [1.807, 2.05) is 0 Å². The van der Waals surface area contributed by atoms with Gasteiger partial charge in [0.25, 0.3) is 0 Å². The quantitative estimate of drug-likeness (QED) is 0.175. The zero-order chi connectivity index (χ0) is 36.8. The molecule has 12 nitrogen and oxygen atoms in total. The lowest BCUT2D eigenvalue weighted by Crippen LogP contribution is -2.47. The summed E-state index contributed by atoms with van der Waals surface area (Å²) in [5, 5.41) is 26.9. The van der Waals surface area contributed by atoms with E-state index in [4.69, 9.17) is 18.9 Å². The van der Waals surface area contributed by atoms with Gasteiger partial charge in [-0.3, -0.25) is 0 Å². The summed E-state index contributed by atoms with van der Waals surface area (Å²) in [6.07, 6.45) is -1.66. The standard InChI is InChI=1S/C36H52N2O10/c1-33(2,3)45-29(41)25(37-31(43)47-35(7,8)9)19-21-13-15-27(39)23(17-21)24-18-22(14-16-28(24)40)20-26(30(42)46-34(4,5)6)38-32(44)48-36(10,11)12/h13-18,25-26,39-40H,19-20H2,1-12H3,(H,37,43)(H,38,44)/t25-,26-/m0/s1. The molecule has 0 aromatic heterocycles. The van der Waals surface area contributed by atoms with E-state index in [9.17, 15) is 29.4 Å². The monoisotopic (exact) mass is 672 g/mol. The molecule has 0 unspecified atom stereocenters. The second-order valence-corrected chi connectivity index (χ2v) is 15.6. The summed E-state index contributed by atoms with van der Waals surface area (Å²) in [4.78, 5) is 51.5. The Bertz CT molecular complexity index is 1360. The Balaban J connectivity index is 2.47. The Kier molecular flexibility index (Phi) is 12.5. The van der Waals surface area contributed by atoms with E-state index in [0.29, 0.717) is 11.1 Å². The maximum atomic E-state index is 13.1. The van der Waals surface area contributed by atoms with Gasteiger partial charge in [-0.1, -0.05) is 12.1 Å². The van der Waals surface area contributed by atoms with Crippen molar-refractivity contribution in [3.05, 3.63) is 47.5 Å². The molecule has 12 heteroatoms. The molecule has 266 valence electrons. The Hall–Kier alpha value is -4.48. The van der Waals surface area contributed by atoms with Crippen LogP contribution < -0.4 is 10.6 Å². The fourth-order valence-corrected chi connectivity index (χ4v) is 4.36. The van der Waals surface area contributed by atoms with Crippen LogP contribution in [0.1, 0.15) is 94.2 Å². The summed E-state index contributed by atoms with van der Waals surface area (Å²) in [6.45, 7) is 20.4. The first kappa shape index (κ1) is 39.7. The van der Waals surface area contributed by atoms with Gasteiger partial charge < -0.3 is 39.8 Å². The number of hydrogen-bond donors (Lipinski definition) is 4. The number of ether oxygens (including phenoxy) is 4. The Morgan fingerprint density at radius 3 is 1.10 bits per heavy atom. The van der Waals surface area contributed by atoms with Gasteiger partial charge in [0.2, 0.25) is 0 Å². The Morgan fingerprint density at radius 1 is 0.542 bits per heavy atom. The van der Waals surface area contributed by atoms with Crippen molar-refractivity contribution in [3.8, 4) is 22.6 Å². The van der Waals surface area contributed by atoms with Crippen LogP contribution in [0.25, 0.3) is 11.1 Å². The van der Waals surface area contributed by atoms with Crippen molar-refractivity contribution in [2.24, 2.45) is 0 Å². The SMILES string of the molecule is CC(C)(C)OC(=O)N[C@@H](Cc1ccc(O)c(-c2cc(C[C@H](NC(=O)OC(C)(C)C)C(=O)OC(C)(C)C)ccc2O)c1)C(=O)OC(C)(C)C. The van der Waals surface area contributed by atoms with Crippen molar-refractivity contribution < 1.29 is 48.3 Å². The number of phenolic OH excluding ortho intramolecular Hbond substituents is 2. The number of amides is 2. The van der Waals surface area contributed by atoms with E-state index in [2.05, 4.69) is 10.6 Å².